The van der Waals surface area contributed by atoms with Gasteiger partial charge in [-0.3, -0.25) is 0 Å². The Morgan fingerprint density at radius 1 is 1.44 bits per heavy atom. The first-order valence-corrected chi connectivity index (χ1v) is 4.81. The van der Waals surface area contributed by atoms with E-state index in [4.69, 9.17) is 19.7 Å². The predicted octanol–water partition coefficient (Wildman–Crippen LogP) is 0.910. The maximum atomic E-state index is 10.8. The standard InChI is InChI=1S/C11H14O5/c1-15-8-3-2-4-9(7-8)16-10(5-6-12)11(13)14/h2-4,7,10,12H,5-6H2,1H3,(H,13,14). The van der Waals surface area contributed by atoms with Crippen molar-refractivity contribution in [3.05, 3.63) is 24.3 Å². The molecule has 0 aliphatic rings. The van der Waals surface area contributed by atoms with Gasteiger partial charge in [0, 0.05) is 19.1 Å². The van der Waals surface area contributed by atoms with Crippen LogP contribution in [0.3, 0.4) is 0 Å². The molecule has 1 unspecified atom stereocenters. The second-order valence-electron chi connectivity index (χ2n) is 3.14. The van der Waals surface area contributed by atoms with Gasteiger partial charge < -0.3 is 19.7 Å². The SMILES string of the molecule is COc1cccc(OC(CCO)C(=O)O)c1. The summed E-state index contributed by atoms with van der Waals surface area (Å²) < 4.78 is 10.2. The smallest absolute Gasteiger partial charge is 0.344 e. The molecule has 0 bridgehead atoms. The van der Waals surface area contributed by atoms with Gasteiger partial charge in [0.15, 0.2) is 6.10 Å². The molecule has 0 saturated carbocycles. The largest absolute Gasteiger partial charge is 0.497 e. The van der Waals surface area contributed by atoms with Crippen LogP contribution in [0.15, 0.2) is 24.3 Å². The van der Waals surface area contributed by atoms with Gasteiger partial charge in [-0.15, -0.1) is 0 Å². The number of ether oxygens (including phenoxy) is 2. The minimum atomic E-state index is -1.10. The van der Waals surface area contributed by atoms with E-state index in [9.17, 15) is 4.79 Å². The van der Waals surface area contributed by atoms with Crippen LogP contribution in [0.2, 0.25) is 0 Å². The number of carboxylic acids is 1. The average Bonchev–Trinajstić information content (AvgIpc) is 2.28. The molecule has 88 valence electrons. The lowest BCUT2D eigenvalue weighted by Crippen LogP contribution is -2.28. The number of aliphatic hydroxyl groups is 1. The van der Waals surface area contributed by atoms with Crippen LogP contribution in [0, 0.1) is 0 Å². The summed E-state index contributed by atoms with van der Waals surface area (Å²) >= 11 is 0. The van der Waals surface area contributed by atoms with Crippen LogP contribution in [0.4, 0.5) is 0 Å². The molecule has 0 aliphatic heterocycles. The van der Waals surface area contributed by atoms with Crippen molar-refractivity contribution in [1.82, 2.24) is 0 Å². The van der Waals surface area contributed by atoms with E-state index < -0.39 is 12.1 Å². The van der Waals surface area contributed by atoms with Gasteiger partial charge in [0.2, 0.25) is 0 Å². The Morgan fingerprint density at radius 3 is 2.69 bits per heavy atom. The maximum absolute atomic E-state index is 10.8. The van der Waals surface area contributed by atoms with Crippen molar-refractivity contribution in [1.29, 1.82) is 0 Å². The molecule has 0 fully saturated rings. The highest BCUT2D eigenvalue weighted by molar-refractivity contribution is 5.72. The molecule has 16 heavy (non-hydrogen) atoms. The number of carbonyl (C=O) groups is 1. The van der Waals surface area contributed by atoms with Crippen LogP contribution >= 0.6 is 0 Å². The quantitative estimate of drug-likeness (QED) is 0.754. The van der Waals surface area contributed by atoms with E-state index in [0.717, 1.165) is 0 Å². The van der Waals surface area contributed by atoms with Crippen molar-refractivity contribution in [2.75, 3.05) is 13.7 Å². The van der Waals surface area contributed by atoms with Crippen molar-refractivity contribution in [3.63, 3.8) is 0 Å². The van der Waals surface area contributed by atoms with Gasteiger partial charge in [-0.05, 0) is 12.1 Å². The molecule has 0 heterocycles. The molecule has 1 rings (SSSR count). The lowest BCUT2D eigenvalue weighted by Gasteiger charge is -2.14. The van der Waals surface area contributed by atoms with Gasteiger partial charge in [-0.1, -0.05) is 6.07 Å². The van der Waals surface area contributed by atoms with Crippen molar-refractivity contribution in [2.45, 2.75) is 12.5 Å². The maximum Gasteiger partial charge on any atom is 0.344 e. The van der Waals surface area contributed by atoms with Gasteiger partial charge in [0.1, 0.15) is 11.5 Å². The molecular formula is C11H14O5. The summed E-state index contributed by atoms with van der Waals surface area (Å²) in [5.41, 5.74) is 0. The molecule has 0 saturated heterocycles. The van der Waals surface area contributed by atoms with E-state index >= 15 is 0 Å². The molecule has 1 atom stereocenters. The molecule has 0 aromatic heterocycles. The van der Waals surface area contributed by atoms with Crippen molar-refractivity contribution < 1.29 is 24.5 Å². The van der Waals surface area contributed by atoms with E-state index in [1.807, 2.05) is 0 Å². The molecule has 0 aliphatic carbocycles. The molecule has 1 aromatic carbocycles. The van der Waals surface area contributed by atoms with Crippen LogP contribution in [0.1, 0.15) is 6.42 Å². The van der Waals surface area contributed by atoms with Crippen molar-refractivity contribution >= 4 is 5.97 Å². The second kappa shape index (κ2) is 5.97. The zero-order chi connectivity index (χ0) is 12.0. The fourth-order valence-corrected chi connectivity index (χ4v) is 1.19. The number of rotatable bonds is 6. The molecule has 1 aromatic rings. The zero-order valence-corrected chi connectivity index (χ0v) is 8.92. The Hall–Kier alpha value is -1.75. The molecule has 0 spiro atoms. The van der Waals surface area contributed by atoms with E-state index in [-0.39, 0.29) is 13.0 Å². The van der Waals surface area contributed by atoms with Gasteiger partial charge in [-0.2, -0.15) is 0 Å². The van der Waals surface area contributed by atoms with Crippen LogP contribution in [0.25, 0.3) is 0 Å². The number of aliphatic carboxylic acids is 1. The fourth-order valence-electron chi connectivity index (χ4n) is 1.19. The summed E-state index contributed by atoms with van der Waals surface area (Å²) in [6, 6.07) is 6.66. The van der Waals surface area contributed by atoms with Gasteiger partial charge in [-0.25, -0.2) is 4.79 Å². The molecule has 5 nitrogen and oxygen atoms in total. The molecule has 0 radical (unpaired) electrons. The van der Waals surface area contributed by atoms with Crippen LogP contribution < -0.4 is 9.47 Å². The van der Waals surface area contributed by atoms with Crippen LogP contribution in [0.5, 0.6) is 11.5 Å². The predicted molar refractivity (Wildman–Crippen MR) is 56.7 cm³/mol. The Bertz CT molecular complexity index is 350. The van der Waals surface area contributed by atoms with Gasteiger partial charge in [0.05, 0.1) is 7.11 Å². The van der Waals surface area contributed by atoms with E-state index in [1.54, 1.807) is 24.3 Å². The summed E-state index contributed by atoms with van der Waals surface area (Å²) in [5, 5.41) is 17.5. The minimum Gasteiger partial charge on any atom is -0.497 e. The average molecular weight is 226 g/mol. The third-order valence-corrected chi connectivity index (χ3v) is 1.99. The second-order valence-corrected chi connectivity index (χ2v) is 3.14. The number of hydrogen-bond acceptors (Lipinski definition) is 4. The number of hydrogen-bond donors (Lipinski definition) is 2. The number of carboxylic acid groups (broad SMARTS) is 1. The summed E-state index contributed by atoms with van der Waals surface area (Å²) in [5.74, 6) is -0.109. The topological polar surface area (TPSA) is 76.0 Å². The summed E-state index contributed by atoms with van der Waals surface area (Å²) in [6.07, 6.45) is -0.996. The van der Waals surface area contributed by atoms with Crippen LogP contribution in [-0.4, -0.2) is 36.0 Å². The number of methoxy groups -OCH3 is 1. The minimum absolute atomic E-state index is 0.0482. The summed E-state index contributed by atoms with van der Waals surface area (Å²) in [6.45, 7) is -0.235. The fraction of sp³-hybridized carbons (Fsp3) is 0.364. The highest BCUT2D eigenvalue weighted by atomic mass is 16.5. The van der Waals surface area contributed by atoms with E-state index in [0.29, 0.717) is 11.5 Å². The molecular weight excluding hydrogens is 212 g/mol. The molecule has 2 N–H and O–H groups in total. The van der Waals surface area contributed by atoms with Crippen molar-refractivity contribution in [2.24, 2.45) is 0 Å². The lowest BCUT2D eigenvalue weighted by molar-refractivity contribution is -0.145. The first-order chi connectivity index (χ1) is 7.67. The third-order valence-electron chi connectivity index (χ3n) is 1.99. The van der Waals surface area contributed by atoms with E-state index in [2.05, 4.69) is 0 Å². The Kier molecular flexibility index (Phi) is 4.60. The van der Waals surface area contributed by atoms with Crippen LogP contribution in [-0.2, 0) is 4.79 Å². The Morgan fingerprint density at radius 2 is 2.12 bits per heavy atom. The molecule has 0 amide bonds. The third kappa shape index (κ3) is 3.43. The monoisotopic (exact) mass is 226 g/mol. The first-order valence-electron chi connectivity index (χ1n) is 4.81. The summed E-state index contributed by atoms with van der Waals surface area (Å²) in [4.78, 5) is 10.8. The van der Waals surface area contributed by atoms with Gasteiger partial charge >= 0.3 is 5.97 Å². The Labute approximate surface area is 93.2 Å². The normalized spacial score (nSPS) is 11.9. The highest BCUT2D eigenvalue weighted by Gasteiger charge is 2.18. The Balaban J connectivity index is 2.72. The summed E-state index contributed by atoms with van der Waals surface area (Å²) in [7, 11) is 1.52. The zero-order valence-electron chi connectivity index (χ0n) is 8.92. The number of benzene rings is 1. The van der Waals surface area contributed by atoms with Crippen molar-refractivity contribution in [3.8, 4) is 11.5 Å². The number of aliphatic hydroxyl groups excluding tert-OH is 1. The van der Waals surface area contributed by atoms with Gasteiger partial charge in [0.25, 0.3) is 0 Å². The highest BCUT2D eigenvalue weighted by Crippen LogP contribution is 2.20. The first kappa shape index (κ1) is 12.3. The molecule has 5 heteroatoms. The lowest BCUT2D eigenvalue weighted by atomic mass is 10.2. The van der Waals surface area contributed by atoms with E-state index in [1.165, 1.54) is 7.11 Å².